The van der Waals surface area contributed by atoms with Crippen LogP contribution in [-0.2, 0) is 16.1 Å². The third-order valence-corrected chi connectivity index (χ3v) is 5.24. The van der Waals surface area contributed by atoms with E-state index in [9.17, 15) is 9.59 Å². The molecule has 1 aromatic rings. The van der Waals surface area contributed by atoms with E-state index in [4.69, 9.17) is 0 Å². The van der Waals surface area contributed by atoms with Crippen LogP contribution >= 0.6 is 0 Å². The van der Waals surface area contributed by atoms with Gasteiger partial charge in [0.25, 0.3) is 0 Å². The number of benzene rings is 1. The Bertz CT molecular complexity index is 736. The lowest BCUT2D eigenvalue weighted by atomic mass is 9.93. The molecule has 1 aromatic carbocycles. The van der Waals surface area contributed by atoms with Crippen molar-refractivity contribution >= 4 is 17.5 Å². The number of hydrogen-bond acceptors (Lipinski definition) is 3. The molecular formula is C22H29N3O2. The summed E-state index contributed by atoms with van der Waals surface area (Å²) in [6.45, 7) is 7.92. The fraction of sp³-hybridized carbons (Fsp3) is 0.455. The molecule has 0 saturated carbocycles. The summed E-state index contributed by atoms with van der Waals surface area (Å²) in [5.41, 5.74) is 3.21. The zero-order valence-corrected chi connectivity index (χ0v) is 16.3. The first-order chi connectivity index (χ1) is 13.0. The largest absolute Gasteiger partial charge is 0.341 e. The Hall–Kier alpha value is -2.40. The maximum atomic E-state index is 12.9. The smallest absolute Gasteiger partial charge is 0.233 e. The molecule has 5 nitrogen and oxygen atoms in total. The van der Waals surface area contributed by atoms with E-state index >= 15 is 0 Å². The van der Waals surface area contributed by atoms with Crippen molar-refractivity contribution in [3.05, 3.63) is 53.6 Å². The van der Waals surface area contributed by atoms with Crippen molar-refractivity contribution in [3.8, 4) is 0 Å². The molecule has 144 valence electrons. The Morgan fingerprint density at radius 1 is 1.11 bits per heavy atom. The van der Waals surface area contributed by atoms with Crippen LogP contribution in [0.3, 0.4) is 0 Å². The fourth-order valence-electron chi connectivity index (χ4n) is 3.73. The second kappa shape index (κ2) is 9.00. The van der Waals surface area contributed by atoms with Crippen molar-refractivity contribution in [2.75, 3.05) is 31.5 Å². The first-order valence-electron chi connectivity index (χ1n) is 9.74. The molecule has 0 aromatic heterocycles. The summed E-state index contributed by atoms with van der Waals surface area (Å²) in [5.74, 6) is 0.103. The molecule has 5 heteroatoms. The van der Waals surface area contributed by atoms with Gasteiger partial charge in [-0.2, -0.15) is 0 Å². The van der Waals surface area contributed by atoms with Gasteiger partial charge in [-0.05, 0) is 37.5 Å². The third-order valence-electron chi connectivity index (χ3n) is 5.24. The Balaban J connectivity index is 1.54. The number of nitrogens with zero attached hydrogens (tertiary/aromatic N) is 2. The van der Waals surface area contributed by atoms with Gasteiger partial charge in [0.2, 0.25) is 11.8 Å². The van der Waals surface area contributed by atoms with Crippen LogP contribution in [0.5, 0.6) is 0 Å². The lowest BCUT2D eigenvalue weighted by Crippen LogP contribution is -2.39. The molecule has 1 aliphatic heterocycles. The summed E-state index contributed by atoms with van der Waals surface area (Å²) in [4.78, 5) is 28.4. The lowest BCUT2D eigenvalue weighted by Gasteiger charge is -2.26. The van der Waals surface area contributed by atoms with E-state index in [0.29, 0.717) is 0 Å². The average molecular weight is 367 g/mol. The predicted molar refractivity (Wildman–Crippen MR) is 108 cm³/mol. The number of rotatable bonds is 4. The van der Waals surface area contributed by atoms with E-state index in [-0.39, 0.29) is 17.7 Å². The van der Waals surface area contributed by atoms with Gasteiger partial charge in [0.1, 0.15) is 0 Å². The normalized spacial score (nSPS) is 20.7. The number of carbonyl (C=O) groups excluding carboxylic acids is 2. The monoisotopic (exact) mass is 367 g/mol. The van der Waals surface area contributed by atoms with E-state index in [1.165, 1.54) is 18.1 Å². The second-order valence-corrected chi connectivity index (χ2v) is 7.42. The molecule has 2 amide bonds. The van der Waals surface area contributed by atoms with Gasteiger partial charge in [0.05, 0.1) is 5.92 Å². The molecule has 1 fully saturated rings. The van der Waals surface area contributed by atoms with Crippen molar-refractivity contribution < 1.29 is 9.59 Å². The second-order valence-electron chi connectivity index (χ2n) is 7.42. The van der Waals surface area contributed by atoms with Gasteiger partial charge >= 0.3 is 0 Å². The van der Waals surface area contributed by atoms with Crippen LogP contribution in [0.1, 0.15) is 32.3 Å². The van der Waals surface area contributed by atoms with Crippen molar-refractivity contribution in [2.45, 2.75) is 33.2 Å². The van der Waals surface area contributed by atoms with Crippen LogP contribution in [0, 0.1) is 5.92 Å². The highest BCUT2D eigenvalue weighted by Gasteiger charge is 2.26. The van der Waals surface area contributed by atoms with Crippen LogP contribution < -0.4 is 5.32 Å². The minimum Gasteiger partial charge on any atom is -0.341 e. The van der Waals surface area contributed by atoms with Crippen molar-refractivity contribution in [2.24, 2.45) is 5.92 Å². The highest BCUT2D eigenvalue weighted by atomic mass is 16.2. The molecule has 2 aliphatic rings. The third kappa shape index (κ3) is 5.30. The van der Waals surface area contributed by atoms with Gasteiger partial charge in [-0.25, -0.2) is 0 Å². The Kier molecular flexibility index (Phi) is 6.45. The summed E-state index contributed by atoms with van der Waals surface area (Å²) in [6, 6.07) is 7.99. The lowest BCUT2D eigenvalue weighted by molar-refractivity contribution is -0.132. The number of carbonyl (C=O) groups is 2. The van der Waals surface area contributed by atoms with E-state index in [1.54, 1.807) is 0 Å². The number of amides is 2. The van der Waals surface area contributed by atoms with Crippen LogP contribution in [0.15, 0.2) is 48.1 Å². The first-order valence-corrected chi connectivity index (χ1v) is 9.74. The summed E-state index contributed by atoms with van der Waals surface area (Å²) in [6.07, 6.45) is 8.22. The number of allylic oxidation sites excluding steroid dienone is 2. The topological polar surface area (TPSA) is 52.7 Å². The Morgan fingerprint density at radius 3 is 2.59 bits per heavy atom. The molecule has 27 heavy (non-hydrogen) atoms. The van der Waals surface area contributed by atoms with Gasteiger partial charge in [-0.15, -0.1) is 0 Å². The SMILES string of the molecule is CC(=O)Nc1ccc(CN2CCCN(C(=O)C3C=CCC=C3C)CC2)cc1. The van der Waals surface area contributed by atoms with Crippen LogP contribution in [-0.4, -0.2) is 47.8 Å². The van der Waals surface area contributed by atoms with E-state index < -0.39 is 0 Å². The molecule has 3 rings (SSSR count). The van der Waals surface area contributed by atoms with Gasteiger partial charge in [-0.3, -0.25) is 14.5 Å². The maximum absolute atomic E-state index is 12.9. The van der Waals surface area contributed by atoms with Crippen molar-refractivity contribution in [3.63, 3.8) is 0 Å². The van der Waals surface area contributed by atoms with Crippen LogP contribution in [0.2, 0.25) is 0 Å². The van der Waals surface area contributed by atoms with Gasteiger partial charge < -0.3 is 10.2 Å². The zero-order chi connectivity index (χ0) is 19.2. The number of nitrogens with one attached hydrogen (secondary N) is 1. The van der Waals surface area contributed by atoms with Gasteiger partial charge in [0, 0.05) is 45.3 Å². The fourth-order valence-corrected chi connectivity index (χ4v) is 3.73. The highest BCUT2D eigenvalue weighted by Crippen LogP contribution is 2.22. The highest BCUT2D eigenvalue weighted by molar-refractivity contribution is 5.88. The number of anilines is 1. The zero-order valence-electron chi connectivity index (χ0n) is 16.3. The molecule has 1 saturated heterocycles. The number of hydrogen-bond donors (Lipinski definition) is 1. The average Bonchev–Trinajstić information content (AvgIpc) is 2.88. The summed E-state index contributed by atoms with van der Waals surface area (Å²) < 4.78 is 0. The standard InChI is InChI=1S/C22H29N3O2/c1-17-6-3-4-7-21(17)22(27)25-13-5-12-24(14-15-25)16-19-8-10-20(11-9-19)23-18(2)26/h4,6-11,21H,3,5,12-16H2,1-2H3,(H,23,26). The van der Waals surface area contributed by atoms with Gasteiger partial charge in [-0.1, -0.05) is 35.9 Å². The minimum atomic E-state index is -0.0772. The van der Waals surface area contributed by atoms with Crippen molar-refractivity contribution in [1.82, 2.24) is 9.80 Å². The summed E-state index contributed by atoms with van der Waals surface area (Å²) >= 11 is 0. The molecule has 0 spiro atoms. The Morgan fingerprint density at radius 2 is 1.89 bits per heavy atom. The maximum Gasteiger partial charge on any atom is 0.233 e. The molecule has 1 aliphatic carbocycles. The van der Waals surface area contributed by atoms with Crippen molar-refractivity contribution in [1.29, 1.82) is 0 Å². The minimum absolute atomic E-state index is 0.0575. The molecule has 1 N–H and O–H groups in total. The van der Waals surface area contributed by atoms with Gasteiger partial charge in [0.15, 0.2) is 0 Å². The predicted octanol–water partition coefficient (Wildman–Crippen LogP) is 3.20. The van der Waals surface area contributed by atoms with E-state index in [0.717, 1.165) is 51.3 Å². The van der Waals surface area contributed by atoms with Crippen LogP contribution in [0.4, 0.5) is 5.69 Å². The molecule has 1 atom stereocenters. The summed E-state index contributed by atoms with van der Waals surface area (Å²) in [7, 11) is 0. The molecular weight excluding hydrogens is 338 g/mol. The molecule has 0 radical (unpaired) electrons. The van der Waals surface area contributed by atoms with Crippen LogP contribution in [0.25, 0.3) is 0 Å². The summed E-state index contributed by atoms with van der Waals surface area (Å²) in [5, 5.41) is 2.79. The molecule has 0 bridgehead atoms. The molecule has 1 unspecified atom stereocenters. The molecule has 1 heterocycles. The van der Waals surface area contributed by atoms with E-state index in [2.05, 4.69) is 47.5 Å². The Labute approximate surface area is 161 Å². The quantitative estimate of drug-likeness (QED) is 0.832. The first kappa shape index (κ1) is 19.4. The van der Waals surface area contributed by atoms with E-state index in [1.807, 2.05) is 17.0 Å².